The summed E-state index contributed by atoms with van der Waals surface area (Å²) >= 11 is 6.24. The molecule has 2 aromatic heterocycles. The molecule has 1 unspecified atom stereocenters. The summed E-state index contributed by atoms with van der Waals surface area (Å²) in [6, 6.07) is 1.53. The summed E-state index contributed by atoms with van der Waals surface area (Å²) in [5, 5.41) is 5.89. The van der Waals surface area contributed by atoms with Crippen molar-refractivity contribution in [3.63, 3.8) is 0 Å². The number of ether oxygens (including phenoxy) is 2. The Bertz CT molecular complexity index is 1010. The number of nitrogens with one attached hydrogen (secondary N) is 2. The van der Waals surface area contributed by atoms with Crippen LogP contribution in [0.25, 0.3) is 0 Å². The summed E-state index contributed by atoms with van der Waals surface area (Å²) in [4.78, 5) is 33.7. The van der Waals surface area contributed by atoms with Crippen LogP contribution in [0.2, 0.25) is 5.15 Å². The van der Waals surface area contributed by atoms with E-state index in [9.17, 15) is 9.59 Å². The molecule has 0 radical (unpaired) electrons. The molecule has 1 amide bonds. The van der Waals surface area contributed by atoms with Gasteiger partial charge in [-0.05, 0) is 45.1 Å². The molecule has 1 fully saturated rings. The van der Waals surface area contributed by atoms with E-state index in [4.69, 9.17) is 21.1 Å². The number of aromatic nitrogens is 3. The lowest BCUT2D eigenvalue weighted by Crippen LogP contribution is -2.33. The van der Waals surface area contributed by atoms with Crippen LogP contribution in [0, 0.1) is 19.8 Å². The molecule has 0 aliphatic heterocycles. The van der Waals surface area contributed by atoms with Gasteiger partial charge >= 0.3 is 6.09 Å². The number of aryl methyl sites for hydroxylation is 2. The van der Waals surface area contributed by atoms with Gasteiger partial charge in [-0.2, -0.15) is 0 Å². The highest BCUT2D eigenvalue weighted by Gasteiger charge is 2.35. The SMILES string of the molecule is CCCNC(=O)OCC(C1CC1)n1cc(Cl)nc(Nc2cc(C)c(OC)nc2C)c1=O. The van der Waals surface area contributed by atoms with Crippen molar-refractivity contribution >= 4 is 29.2 Å². The normalized spacial score (nSPS) is 14.1. The number of methoxy groups -OCH3 is 1. The predicted molar refractivity (Wildman–Crippen MR) is 118 cm³/mol. The average Bonchev–Trinajstić information content (AvgIpc) is 3.57. The molecule has 0 aromatic carbocycles. The molecule has 0 spiro atoms. The molecule has 1 atom stereocenters. The maximum Gasteiger partial charge on any atom is 0.407 e. The van der Waals surface area contributed by atoms with Crippen molar-refractivity contribution in [3.05, 3.63) is 39.0 Å². The number of anilines is 2. The smallest absolute Gasteiger partial charge is 0.407 e. The molecule has 10 heteroatoms. The van der Waals surface area contributed by atoms with Crippen molar-refractivity contribution < 1.29 is 14.3 Å². The molecular formula is C21H28ClN5O4. The van der Waals surface area contributed by atoms with E-state index in [1.807, 2.05) is 26.8 Å². The van der Waals surface area contributed by atoms with Gasteiger partial charge in [0.15, 0.2) is 5.82 Å². The van der Waals surface area contributed by atoms with Crippen LogP contribution in [0.4, 0.5) is 16.3 Å². The molecular weight excluding hydrogens is 422 g/mol. The van der Waals surface area contributed by atoms with E-state index < -0.39 is 6.09 Å². The molecule has 0 bridgehead atoms. The zero-order chi connectivity index (χ0) is 22.5. The number of amides is 1. The summed E-state index contributed by atoms with van der Waals surface area (Å²) in [6.45, 7) is 6.26. The van der Waals surface area contributed by atoms with E-state index in [-0.39, 0.29) is 35.1 Å². The first-order chi connectivity index (χ1) is 14.8. The number of rotatable bonds is 9. The lowest BCUT2D eigenvalue weighted by atomic mass is 10.2. The van der Waals surface area contributed by atoms with Crippen molar-refractivity contribution in [1.82, 2.24) is 19.9 Å². The van der Waals surface area contributed by atoms with Crippen molar-refractivity contribution in [2.24, 2.45) is 5.92 Å². The van der Waals surface area contributed by atoms with E-state index in [1.165, 1.54) is 10.8 Å². The molecule has 1 saturated carbocycles. The number of alkyl carbamates (subject to hydrolysis) is 1. The fraction of sp³-hybridized carbons (Fsp3) is 0.524. The van der Waals surface area contributed by atoms with E-state index in [2.05, 4.69) is 20.6 Å². The Morgan fingerprint density at radius 1 is 1.35 bits per heavy atom. The topological polar surface area (TPSA) is 107 Å². The number of nitrogens with zero attached hydrogens (tertiary/aromatic N) is 3. The molecule has 1 aliphatic carbocycles. The zero-order valence-electron chi connectivity index (χ0n) is 18.2. The van der Waals surface area contributed by atoms with Crippen LogP contribution in [0.5, 0.6) is 5.88 Å². The summed E-state index contributed by atoms with van der Waals surface area (Å²) in [5.41, 5.74) is 1.77. The van der Waals surface area contributed by atoms with Gasteiger partial charge in [0.05, 0.1) is 24.5 Å². The third-order valence-corrected chi connectivity index (χ3v) is 5.32. The third kappa shape index (κ3) is 5.66. The van der Waals surface area contributed by atoms with Crippen molar-refractivity contribution in [3.8, 4) is 5.88 Å². The predicted octanol–water partition coefficient (Wildman–Crippen LogP) is 3.75. The van der Waals surface area contributed by atoms with Crippen LogP contribution in [0.15, 0.2) is 17.1 Å². The first kappa shape index (κ1) is 22.9. The van der Waals surface area contributed by atoms with Crippen LogP contribution in [0.1, 0.15) is 43.5 Å². The summed E-state index contributed by atoms with van der Waals surface area (Å²) < 4.78 is 12.1. The fourth-order valence-electron chi connectivity index (χ4n) is 3.31. The van der Waals surface area contributed by atoms with Gasteiger partial charge in [-0.15, -0.1) is 0 Å². The van der Waals surface area contributed by atoms with Crippen molar-refractivity contribution in [2.75, 3.05) is 25.6 Å². The maximum absolute atomic E-state index is 13.2. The lowest BCUT2D eigenvalue weighted by molar-refractivity contribution is 0.122. The first-order valence-corrected chi connectivity index (χ1v) is 10.7. The monoisotopic (exact) mass is 449 g/mol. The molecule has 168 valence electrons. The van der Waals surface area contributed by atoms with Gasteiger partial charge < -0.3 is 24.7 Å². The number of hydrogen-bond donors (Lipinski definition) is 2. The lowest BCUT2D eigenvalue weighted by Gasteiger charge is -2.21. The Morgan fingerprint density at radius 2 is 2.10 bits per heavy atom. The van der Waals surface area contributed by atoms with E-state index in [0.717, 1.165) is 24.8 Å². The van der Waals surface area contributed by atoms with Crippen LogP contribution in [-0.2, 0) is 4.74 Å². The zero-order valence-corrected chi connectivity index (χ0v) is 19.0. The molecule has 2 aromatic rings. The molecule has 3 rings (SSSR count). The molecule has 2 N–H and O–H groups in total. The first-order valence-electron chi connectivity index (χ1n) is 10.3. The highest BCUT2D eigenvalue weighted by Crippen LogP contribution is 2.39. The number of carbonyl (C=O) groups excluding carboxylic acids is 1. The highest BCUT2D eigenvalue weighted by molar-refractivity contribution is 6.29. The van der Waals surface area contributed by atoms with Crippen molar-refractivity contribution in [2.45, 2.75) is 46.1 Å². The van der Waals surface area contributed by atoms with Gasteiger partial charge in [-0.1, -0.05) is 18.5 Å². The van der Waals surface area contributed by atoms with Gasteiger partial charge in [0, 0.05) is 18.3 Å². The summed E-state index contributed by atoms with van der Waals surface area (Å²) in [5.74, 6) is 0.851. The fourth-order valence-corrected chi connectivity index (χ4v) is 3.50. The molecule has 31 heavy (non-hydrogen) atoms. The van der Waals surface area contributed by atoms with Crippen molar-refractivity contribution in [1.29, 1.82) is 0 Å². The maximum atomic E-state index is 13.2. The summed E-state index contributed by atoms with van der Waals surface area (Å²) in [6.07, 6.45) is 3.74. The van der Waals surface area contributed by atoms with Crippen LogP contribution >= 0.6 is 11.6 Å². The summed E-state index contributed by atoms with van der Waals surface area (Å²) in [7, 11) is 1.56. The Hall–Kier alpha value is -2.81. The second kappa shape index (κ2) is 10.00. The quantitative estimate of drug-likeness (QED) is 0.600. The molecule has 2 heterocycles. The Morgan fingerprint density at radius 3 is 2.74 bits per heavy atom. The van der Waals surface area contributed by atoms with Gasteiger partial charge in [0.25, 0.3) is 5.56 Å². The van der Waals surface area contributed by atoms with E-state index in [0.29, 0.717) is 23.8 Å². The molecule has 9 nitrogen and oxygen atoms in total. The number of hydrogen-bond acceptors (Lipinski definition) is 7. The van der Waals surface area contributed by atoms with Gasteiger partial charge in [0.2, 0.25) is 5.88 Å². The number of carbonyl (C=O) groups is 1. The third-order valence-electron chi connectivity index (χ3n) is 5.13. The van der Waals surface area contributed by atoms with E-state index >= 15 is 0 Å². The number of pyridine rings is 1. The second-order valence-corrected chi connectivity index (χ2v) is 8.01. The average molecular weight is 450 g/mol. The molecule has 1 aliphatic rings. The van der Waals surface area contributed by atoms with Gasteiger partial charge in [-0.25, -0.2) is 14.8 Å². The standard InChI is InChI=1S/C21H28ClN5O4/c1-5-8-23-21(29)31-11-16(14-6-7-14)27-10-17(22)26-18(20(27)28)25-15-9-12(2)19(30-4)24-13(15)3/h9-10,14,16H,5-8,11H2,1-4H3,(H,23,29)(H,25,26). The Labute approximate surface area is 186 Å². The minimum atomic E-state index is -0.491. The van der Waals surface area contributed by atoms with E-state index in [1.54, 1.807) is 7.11 Å². The molecule has 0 saturated heterocycles. The van der Waals surface area contributed by atoms with Gasteiger partial charge in [-0.3, -0.25) is 4.79 Å². The second-order valence-electron chi connectivity index (χ2n) is 7.63. The largest absolute Gasteiger partial charge is 0.481 e. The van der Waals surface area contributed by atoms with Crippen LogP contribution < -0.4 is 20.9 Å². The number of halogens is 1. The highest BCUT2D eigenvalue weighted by atomic mass is 35.5. The minimum Gasteiger partial charge on any atom is -0.481 e. The van der Waals surface area contributed by atoms with Crippen LogP contribution in [-0.4, -0.2) is 40.9 Å². The Balaban J connectivity index is 1.86. The minimum absolute atomic E-state index is 0.0854. The van der Waals surface area contributed by atoms with Crippen LogP contribution in [0.3, 0.4) is 0 Å². The van der Waals surface area contributed by atoms with Gasteiger partial charge in [0.1, 0.15) is 11.8 Å². The Kier molecular flexibility index (Phi) is 7.37.